The molecule has 1 fully saturated rings. The highest BCUT2D eigenvalue weighted by Gasteiger charge is 2.23. The van der Waals surface area contributed by atoms with Gasteiger partial charge in [0.2, 0.25) is 11.8 Å². The molecule has 2 aliphatic rings. The Hall–Kier alpha value is -1.84. The third-order valence-electron chi connectivity index (χ3n) is 5.10. The van der Waals surface area contributed by atoms with E-state index in [-0.39, 0.29) is 30.3 Å². The fourth-order valence-electron chi connectivity index (χ4n) is 3.83. The van der Waals surface area contributed by atoms with E-state index in [2.05, 4.69) is 22.8 Å². The molecule has 23 heavy (non-hydrogen) atoms. The molecule has 124 valence electrons. The first-order valence-corrected chi connectivity index (χ1v) is 8.89. The third kappa shape index (κ3) is 4.12. The van der Waals surface area contributed by atoms with Gasteiger partial charge in [-0.05, 0) is 43.2 Å². The summed E-state index contributed by atoms with van der Waals surface area (Å²) in [5.74, 6) is 0.0618. The van der Waals surface area contributed by atoms with Crippen molar-refractivity contribution in [2.75, 3.05) is 6.54 Å². The number of nitrogens with one attached hydrogen (secondary N) is 2. The van der Waals surface area contributed by atoms with Crippen molar-refractivity contribution in [3.8, 4) is 0 Å². The van der Waals surface area contributed by atoms with Gasteiger partial charge >= 0.3 is 0 Å². The molecular formula is C19H26N2O2. The monoisotopic (exact) mass is 314 g/mol. The van der Waals surface area contributed by atoms with Gasteiger partial charge in [0.25, 0.3) is 0 Å². The minimum atomic E-state index is -0.0872. The van der Waals surface area contributed by atoms with Crippen molar-refractivity contribution >= 4 is 11.8 Å². The van der Waals surface area contributed by atoms with E-state index in [4.69, 9.17) is 0 Å². The van der Waals surface area contributed by atoms with Crippen LogP contribution in [0.3, 0.4) is 0 Å². The van der Waals surface area contributed by atoms with E-state index in [1.165, 1.54) is 17.5 Å². The molecular weight excluding hydrogens is 288 g/mol. The second-order valence-electron chi connectivity index (χ2n) is 6.76. The molecule has 1 saturated carbocycles. The van der Waals surface area contributed by atoms with Crippen LogP contribution in [-0.4, -0.2) is 18.4 Å². The molecule has 4 heteroatoms. The number of benzene rings is 1. The average Bonchev–Trinajstić information content (AvgIpc) is 2.61. The van der Waals surface area contributed by atoms with Crippen molar-refractivity contribution in [1.29, 1.82) is 0 Å². The van der Waals surface area contributed by atoms with Crippen LogP contribution in [0.15, 0.2) is 24.3 Å². The second kappa shape index (κ2) is 7.62. The second-order valence-corrected chi connectivity index (χ2v) is 6.76. The zero-order chi connectivity index (χ0) is 16.1. The van der Waals surface area contributed by atoms with Crippen molar-refractivity contribution in [1.82, 2.24) is 10.6 Å². The number of amides is 2. The number of carbonyl (C=O) groups excluding carboxylic acids is 2. The summed E-state index contributed by atoms with van der Waals surface area (Å²) in [7, 11) is 0. The topological polar surface area (TPSA) is 58.2 Å². The fourth-order valence-corrected chi connectivity index (χ4v) is 3.83. The summed E-state index contributed by atoms with van der Waals surface area (Å²) in [5, 5.41) is 5.89. The number of carbonyl (C=O) groups is 2. The van der Waals surface area contributed by atoms with Crippen molar-refractivity contribution < 1.29 is 9.59 Å². The predicted molar refractivity (Wildman–Crippen MR) is 89.8 cm³/mol. The van der Waals surface area contributed by atoms with E-state index in [9.17, 15) is 9.59 Å². The molecule has 0 heterocycles. The lowest BCUT2D eigenvalue weighted by atomic mass is 9.87. The van der Waals surface area contributed by atoms with Crippen LogP contribution < -0.4 is 10.6 Å². The molecule has 0 saturated heterocycles. The molecule has 2 N–H and O–H groups in total. The van der Waals surface area contributed by atoms with Crippen LogP contribution in [0, 0.1) is 5.92 Å². The van der Waals surface area contributed by atoms with Crippen LogP contribution in [0.4, 0.5) is 0 Å². The highest BCUT2D eigenvalue weighted by Crippen LogP contribution is 2.29. The summed E-state index contributed by atoms with van der Waals surface area (Å²) in [6, 6.07) is 8.39. The molecule has 0 aromatic heterocycles. The summed E-state index contributed by atoms with van der Waals surface area (Å²) < 4.78 is 0. The van der Waals surface area contributed by atoms with Gasteiger partial charge in [0, 0.05) is 5.92 Å². The molecule has 2 aliphatic carbocycles. The maximum absolute atomic E-state index is 12.2. The Morgan fingerprint density at radius 1 is 1.00 bits per heavy atom. The van der Waals surface area contributed by atoms with Crippen molar-refractivity contribution in [3.63, 3.8) is 0 Å². The lowest BCUT2D eigenvalue weighted by Crippen LogP contribution is -2.41. The van der Waals surface area contributed by atoms with Crippen LogP contribution in [0.1, 0.15) is 62.1 Å². The first kappa shape index (κ1) is 16.0. The molecule has 1 aromatic rings. The van der Waals surface area contributed by atoms with E-state index in [0.717, 1.165) is 44.9 Å². The quantitative estimate of drug-likeness (QED) is 0.898. The number of fused-ring (bicyclic) bond motifs is 1. The van der Waals surface area contributed by atoms with E-state index < -0.39 is 0 Å². The summed E-state index contributed by atoms with van der Waals surface area (Å²) in [6.07, 6.45) is 8.56. The Bertz CT molecular complexity index is 564. The van der Waals surface area contributed by atoms with Crippen molar-refractivity contribution in [3.05, 3.63) is 35.4 Å². The van der Waals surface area contributed by atoms with Crippen LogP contribution >= 0.6 is 0 Å². The van der Waals surface area contributed by atoms with Gasteiger partial charge in [0.05, 0.1) is 12.6 Å². The van der Waals surface area contributed by atoms with Crippen LogP contribution in [0.5, 0.6) is 0 Å². The fraction of sp³-hybridized carbons (Fsp3) is 0.579. The SMILES string of the molecule is O=C(CNC(=O)C1CCCCC1)N[C@@H]1CCCc2ccccc21. The Kier molecular flexibility index (Phi) is 5.31. The Morgan fingerprint density at radius 3 is 2.61 bits per heavy atom. The van der Waals surface area contributed by atoms with Gasteiger partial charge in [-0.2, -0.15) is 0 Å². The van der Waals surface area contributed by atoms with Gasteiger partial charge in [-0.15, -0.1) is 0 Å². The molecule has 0 spiro atoms. The Labute approximate surface area is 138 Å². The van der Waals surface area contributed by atoms with Gasteiger partial charge in [-0.1, -0.05) is 43.5 Å². The number of rotatable bonds is 4. The molecule has 4 nitrogen and oxygen atoms in total. The molecule has 3 rings (SSSR count). The van der Waals surface area contributed by atoms with Gasteiger partial charge in [-0.3, -0.25) is 9.59 Å². The highest BCUT2D eigenvalue weighted by molar-refractivity contribution is 5.86. The first-order valence-electron chi connectivity index (χ1n) is 8.89. The van der Waals surface area contributed by atoms with Crippen molar-refractivity contribution in [2.45, 2.75) is 57.4 Å². The number of hydrogen-bond acceptors (Lipinski definition) is 2. The zero-order valence-corrected chi connectivity index (χ0v) is 13.6. The summed E-state index contributed by atoms with van der Waals surface area (Å²) >= 11 is 0. The van der Waals surface area contributed by atoms with Crippen LogP contribution in [0.25, 0.3) is 0 Å². The number of aryl methyl sites for hydroxylation is 1. The van der Waals surface area contributed by atoms with E-state index in [0.29, 0.717) is 0 Å². The van der Waals surface area contributed by atoms with Gasteiger partial charge in [0.1, 0.15) is 0 Å². The van der Waals surface area contributed by atoms with Gasteiger partial charge in [-0.25, -0.2) is 0 Å². The summed E-state index contributed by atoms with van der Waals surface area (Å²) in [5.41, 5.74) is 2.56. The summed E-state index contributed by atoms with van der Waals surface area (Å²) in [4.78, 5) is 24.3. The highest BCUT2D eigenvalue weighted by atomic mass is 16.2. The van der Waals surface area contributed by atoms with Gasteiger partial charge in [0.15, 0.2) is 0 Å². The standard InChI is InChI=1S/C19H26N2O2/c22-18(13-20-19(23)15-8-2-1-3-9-15)21-17-12-6-10-14-7-4-5-11-16(14)17/h4-5,7,11,15,17H,1-3,6,8-10,12-13H2,(H,20,23)(H,21,22)/t17-/m1/s1. The molecule has 2 amide bonds. The van der Waals surface area contributed by atoms with Crippen LogP contribution in [-0.2, 0) is 16.0 Å². The normalized spacial score (nSPS) is 21.3. The average molecular weight is 314 g/mol. The Balaban J connectivity index is 1.49. The molecule has 0 aliphatic heterocycles. The number of hydrogen-bond donors (Lipinski definition) is 2. The largest absolute Gasteiger partial charge is 0.348 e. The third-order valence-corrected chi connectivity index (χ3v) is 5.10. The van der Waals surface area contributed by atoms with E-state index in [1.807, 2.05) is 12.1 Å². The van der Waals surface area contributed by atoms with Crippen molar-refractivity contribution in [2.24, 2.45) is 5.92 Å². The van der Waals surface area contributed by atoms with Crippen LogP contribution in [0.2, 0.25) is 0 Å². The predicted octanol–water partition coefficient (Wildman–Crippen LogP) is 2.88. The molecule has 1 aromatic carbocycles. The maximum atomic E-state index is 12.2. The smallest absolute Gasteiger partial charge is 0.239 e. The lowest BCUT2D eigenvalue weighted by molar-refractivity contribution is -0.129. The Morgan fingerprint density at radius 2 is 1.78 bits per heavy atom. The van der Waals surface area contributed by atoms with E-state index in [1.54, 1.807) is 0 Å². The lowest BCUT2D eigenvalue weighted by Gasteiger charge is -2.26. The minimum absolute atomic E-state index is 0.0453. The molecule has 0 unspecified atom stereocenters. The first-order chi connectivity index (χ1) is 11.2. The maximum Gasteiger partial charge on any atom is 0.239 e. The zero-order valence-electron chi connectivity index (χ0n) is 13.6. The molecule has 0 bridgehead atoms. The summed E-state index contributed by atoms with van der Waals surface area (Å²) in [6.45, 7) is 0.0913. The molecule has 1 atom stereocenters. The van der Waals surface area contributed by atoms with Gasteiger partial charge < -0.3 is 10.6 Å². The minimum Gasteiger partial charge on any atom is -0.348 e. The van der Waals surface area contributed by atoms with E-state index >= 15 is 0 Å². The molecule has 0 radical (unpaired) electrons.